The molecule has 0 saturated carbocycles. The Morgan fingerprint density at radius 1 is 1.40 bits per heavy atom. The number of aliphatic carboxylic acids is 2. The van der Waals surface area contributed by atoms with Crippen molar-refractivity contribution < 1.29 is 39.4 Å². The number of amides is 1. The number of likely N-dealkylation sites (tertiary alicyclic amines) is 1. The van der Waals surface area contributed by atoms with Crippen molar-refractivity contribution in [1.29, 1.82) is 0 Å². The Hall–Kier alpha value is -3.44. The van der Waals surface area contributed by atoms with Crippen LogP contribution in [0.5, 0.6) is 5.88 Å². The van der Waals surface area contributed by atoms with Crippen LogP contribution < -0.4 is 4.74 Å². The molecule has 1 saturated heterocycles. The lowest BCUT2D eigenvalue weighted by Gasteiger charge is -2.24. The van der Waals surface area contributed by atoms with Gasteiger partial charge in [-0.2, -0.15) is 0 Å². The van der Waals surface area contributed by atoms with E-state index in [1.807, 2.05) is 0 Å². The number of nitrogens with zero attached hydrogens (tertiary/aromatic N) is 3. The van der Waals surface area contributed by atoms with Crippen molar-refractivity contribution in [3.63, 3.8) is 0 Å². The van der Waals surface area contributed by atoms with E-state index in [0.717, 1.165) is 6.07 Å². The number of carbonyl (C=O) groups is 3. The molecule has 2 atom stereocenters. The van der Waals surface area contributed by atoms with Crippen LogP contribution in [0.25, 0.3) is 0 Å². The molecule has 1 aromatic heterocycles. The summed E-state index contributed by atoms with van der Waals surface area (Å²) in [6.45, 7) is 0.709. The minimum Gasteiger partial charge on any atom is -0.480 e. The van der Waals surface area contributed by atoms with Crippen molar-refractivity contribution in [2.75, 3.05) is 6.54 Å². The first-order valence-corrected chi connectivity index (χ1v) is 6.83. The summed E-state index contributed by atoms with van der Waals surface area (Å²) >= 11 is 0. The molecule has 1 unspecified atom stereocenters. The van der Waals surface area contributed by atoms with E-state index in [1.54, 1.807) is 0 Å². The molecule has 134 valence electrons. The Morgan fingerprint density at radius 3 is 2.48 bits per heavy atom. The number of pyridine rings is 1. The van der Waals surface area contributed by atoms with Crippen LogP contribution in [0.15, 0.2) is 12.3 Å². The van der Waals surface area contributed by atoms with Crippen molar-refractivity contribution in [2.45, 2.75) is 25.0 Å². The first kappa shape index (κ1) is 17.9. The summed E-state index contributed by atoms with van der Waals surface area (Å²) in [5.41, 5.74) is -2.50. The molecule has 0 bridgehead atoms. The maximum Gasteiger partial charge on any atom is 0.408 e. The zero-order chi connectivity index (χ0) is 18.9. The van der Waals surface area contributed by atoms with Crippen LogP contribution in [0.2, 0.25) is 0 Å². The first-order valence-electron chi connectivity index (χ1n) is 6.83. The van der Waals surface area contributed by atoms with Crippen molar-refractivity contribution in [1.82, 2.24) is 9.88 Å². The normalized spacial score (nSPS) is 22.4. The Balaban J connectivity index is 2.47. The average Bonchev–Trinajstić information content (AvgIpc) is 2.90. The monoisotopic (exact) mass is 355 g/mol. The number of ether oxygens (including phenoxy) is 1. The average molecular weight is 355 g/mol. The van der Waals surface area contributed by atoms with Gasteiger partial charge in [-0.25, -0.2) is 19.4 Å². The topological polar surface area (TPSA) is 180 Å². The number of hydrogen-bond acceptors (Lipinski definition) is 7. The van der Waals surface area contributed by atoms with E-state index in [-0.39, 0.29) is 0 Å². The lowest BCUT2D eigenvalue weighted by molar-refractivity contribution is -0.386. The summed E-state index contributed by atoms with van der Waals surface area (Å²) in [4.78, 5) is 48.5. The van der Waals surface area contributed by atoms with Gasteiger partial charge in [-0.3, -0.25) is 15.0 Å². The number of rotatable bonds is 5. The van der Waals surface area contributed by atoms with E-state index in [4.69, 9.17) is 14.9 Å². The smallest absolute Gasteiger partial charge is 0.408 e. The van der Waals surface area contributed by atoms with Crippen molar-refractivity contribution in [2.24, 2.45) is 0 Å². The van der Waals surface area contributed by atoms with E-state index in [9.17, 15) is 29.6 Å². The largest absolute Gasteiger partial charge is 0.480 e. The number of carboxylic acids is 2. The predicted molar refractivity (Wildman–Crippen MR) is 77.4 cm³/mol. The van der Waals surface area contributed by atoms with Crippen LogP contribution in [0, 0.1) is 17.0 Å². The van der Waals surface area contributed by atoms with Crippen LogP contribution in [0.4, 0.5) is 10.5 Å². The molecule has 1 aliphatic heterocycles. The van der Waals surface area contributed by atoms with E-state index in [2.05, 4.69) is 4.98 Å². The van der Waals surface area contributed by atoms with Gasteiger partial charge in [0.15, 0.2) is 0 Å². The molecule has 1 amide bonds. The van der Waals surface area contributed by atoms with E-state index in [0.29, 0.717) is 10.5 Å². The molecule has 12 heteroatoms. The lowest BCUT2D eigenvalue weighted by atomic mass is 10.00. The van der Waals surface area contributed by atoms with Crippen molar-refractivity contribution in [3.05, 3.63) is 27.9 Å². The second-order valence-corrected chi connectivity index (χ2v) is 5.46. The lowest BCUT2D eigenvalue weighted by Crippen LogP contribution is -2.48. The fourth-order valence-electron chi connectivity index (χ4n) is 2.50. The van der Waals surface area contributed by atoms with Gasteiger partial charge in [-0.05, 0) is 12.5 Å². The molecule has 0 radical (unpaired) electrons. The number of hydrogen-bond donors (Lipinski definition) is 3. The SMILES string of the molecule is Cc1cnc(OC2(C(=O)O)C[C@@H](C(=O)O)N(C(=O)O)C2)c([N+](=O)[O-])c1. The van der Waals surface area contributed by atoms with Crippen molar-refractivity contribution in [3.8, 4) is 5.88 Å². The van der Waals surface area contributed by atoms with Gasteiger partial charge in [0.2, 0.25) is 5.60 Å². The maximum atomic E-state index is 11.7. The number of nitro groups is 1. The molecule has 0 spiro atoms. The van der Waals surface area contributed by atoms with Gasteiger partial charge in [-0.15, -0.1) is 0 Å². The fourth-order valence-corrected chi connectivity index (χ4v) is 2.50. The van der Waals surface area contributed by atoms with Gasteiger partial charge in [0.1, 0.15) is 6.04 Å². The van der Waals surface area contributed by atoms with Gasteiger partial charge >= 0.3 is 23.7 Å². The number of aromatic nitrogens is 1. The zero-order valence-electron chi connectivity index (χ0n) is 12.8. The Bertz CT molecular complexity index is 741. The highest BCUT2D eigenvalue weighted by Crippen LogP contribution is 2.35. The summed E-state index contributed by atoms with van der Waals surface area (Å²) in [5, 5.41) is 38.8. The Kier molecular flexibility index (Phi) is 4.46. The van der Waals surface area contributed by atoms with Crippen molar-refractivity contribution >= 4 is 23.7 Å². The molecule has 1 aliphatic rings. The minimum atomic E-state index is -2.31. The van der Waals surface area contributed by atoms with Crippen LogP contribution >= 0.6 is 0 Å². The van der Waals surface area contributed by atoms with Crippen LogP contribution in [-0.2, 0) is 9.59 Å². The van der Waals surface area contributed by atoms with Gasteiger partial charge in [0.05, 0.1) is 11.5 Å². The van der Waals surface area contributed by atoms with Gasteiger partial charge in [-0.1, -0.05) is 0 Å². The molecule has 2 rings (SSSR count). The molecular formula is C13H13N3O9. The molecule has 3 N–H and O–H groups in total. The predicted octanol–water partition coefficient (Wildman–Crippen LogP) is 0.337. The minimum absolute atomic E-state index is 0.399. The zero-order valence-corrected chi connectivity index (χ0v) is 12.8. The van der Waals surface area contributed by atoms with E-state index in [1.165, 1.54) is 13.1 Å². The molecule has 1 aromatic rings. The second-order valence-electron chi connectivity index (χ2n) is 5.46. The summed E-state index contributed by atoms with van der Waals surface area (Å²) in [7, 11) is 0. The molecule has 0 aliphatic carbocycles. The number of carboxylic acid groups (broad SMARTS) is 3. The highest BCUT2D eigenvalue weighted by Gasteiger charge is 2.57. The summed E-state index contributed by atoms with van der Waals surface area (Å²) in [6.07, 6.45) is -1.17. The molecule has 12 nitrogen and oxygen atoms in total. The molecule has 25 heavy (non-hydrogen) atoms. The summed E-state index contributed by atoms with van der Waals surface area (Å²) in [5.74, 6) is -3.84. The van der Waals surface area contributed by atoms with Crippen LogP contribution in [-0.4, -0.2) is 66.3 Å². The van der Waals surface area contributed by atoms with E-state index >= 15 is 0 Å². The van der Waals surface area contributed by atoms with Gasteiger partial charge in [0, 0.05) is 18.7 Å². The fraction of sp³-hybridized carbons (Fsp3) is 0.385. The van der Waals surface area contributed by atoms with E-state index < -0.39 is 59.1 Å². The second kappa shape index (κ2) is 6.22. The quantitative estimate of drug-likeness (QED) is 0.492. The molecule has 0 aromatic carbocycles. The molecule has 2 heterocycles. The summed E-state index contributed by atoms with van der Waals surface area (Å²) < 4.78 is 5.21. The third-order valence-corrected chi connectivity index (χ3v) is 3.70. The molecule has 1 fully saturated rings. The van der Waals surface area contributed by atoms with Crippen LogP contribution in [0.1, 0.15) is 12.0 Å². The first-order chi connectivity index (χ1) is 11.6. The third-order valence-electron chi connectivity index (χ3n) is 3.70. The highest BCUT2D eigenvalue weighted by atomic mass is 16.6. The highest BCUT2D eigenvalue weighted by molar-refractivity contribution is 5.86. The standard InChI is InChI=1S/C13H13N3O9/c1-6-2-7(16(23)24)9(14-4-6)25-13(11(19)20)3-8(10(17)18)15(5-13)12(21)22/h2,4,8H,3,5H2,1H3,(H,17,18)(H,19,20)(H,21,22)/t8-,13?/m0/s1. The summed E-state index contributed by atoms with van der Waals surface area (Å²) in [6, 6.07) is -0.561. The van der Waals surface area contributed by atoms with Gasteiger partial charge in [0.25, 0.3) is 5.88 Å². The maximum absolute atomic E-state index is 11.7. The molecular weight excluding hydrogens is 342 g/mol. The third kappa shape index (κ3) is 3.27. The van der Waals surface area contributed by atoms with Crippen LogP contribution in [0.3, 0.4) is 0 Å². The van der Waals surface area contributed by atoms with Gasteiger partial charge < -0.3 is 20.1 Å². The number of aryl methyl sites for hydroxylation is 1. The Labute approximate surface area is 139 Å². The Morgan fingerprint density at radius 2 is 2.04 bits per heavy atom.